The van der Waals surface area contributed by atoms with Crippen LogP contribution in [-0.4, -0.2) is 28.8 Å². The molecule has 0 radical (unpaired) electrons. The molecule has 1 aromatic carbocycles. The second-order valence-corrected chi connectivity index (χ2v) is 5.14. The van der Waals surface area contributed by atoms with Gasteiger partial charge in [0.2, 0.25) is 0 Å². The summed E-state index contributed by atoms with van der Waals surface area (Å²) in [5, 5.41) is 11.4. The van der Waals surface area contributed by atoms with Gasteiger partial charge in [0.25, 0.3) is 0 Å². The van der Waals surface area contributed by atoms with Crippen molar-refractivity contribution in [2.45, 2.75) is 18.9 Å². The normalized spacial score (nSPS) is 23.8. The molecule has 4 heteroatoms. The van der Waals surface area contributed by atoms with Crippen molar-refractivity contribution in [2.75, 3.05) is 18.0 Å². The fraction of sp³-hybridized carbons (Fsp3) is 0.357. The number of anilines is 1. The van der Waals surface area contributed by atoms with Crippen molar-refractivity contribution in [2.24, 2.45) is 0 Å². The monoisotopic (exact) mass is 246 g/mol. The van der Waals surface area contributed by atoms with E-state index in [2.05, 4.69) is 4.98 Å². The number of nitrogens with zero attached hydrogens (tertiary/aromatic N) is 2. The summed E-state index contributed by atoms with van der Waals surface area (Å²) in [6.45, 7) is 3.10. The lowest BCUT2D eigenvalue weighted by atomic mass is 10.1. The maximum atomic E-state index is 13.7. The van der Waals surface area contributed by atoms with Crippen molar-refractivity contribution in [3.8, 4) is 0 Å². The van der Waals surface area contributed by atoms with Crippen molar-refractivity contribution in [1.29, 1.82) is 0 Å². The molecule has 1 aliphatic rings. The summed E-state index contributed by atoms with van der Waals surface area (Å²) in [6, 6.07) is 7.31. The molecule has 0 aliphatic carbocycles. The molecule has 0 bridgehead atoms. The van der Waals surface area contributed by atoms with Gasteiger partial charge in [-0.2, -0.15) is 0 Å². The van der Waals surface area contributed by atoms with Gasteiger partial charge in [0.1, 0.15) is 11.6 Å². The molecule has 0 amide bonds. The van der Waals surface area contributed by atoms with E-state index in [9.17, 15) is 9.50 Å². The molecule has 2 aromatic rings. The van der Waals surface area contributed by atoms with E-state index in [-0.39, 0.29) is 5.82 Å². The van der Waals surface area contributed by atoms with Crippen LogP contribution in [0.4, 0.5) is 10.2 Å². The third kappa shape index (κ3) is 1.82. The van der Waals surface area contributed by atoms with Crippen LogP contribution in [0.25, 0.3) is 10.8 Å². The standard InChI is InChI=1S/C14H15FN2O/c1-14(18)6-7-17(9-14)13-11-5-3-2-4-10(11)12(15)8-16-13/h2-5,8,18H,6-7,9H2,1H3. The minimum atomic E-state index is -0.683. The second kappa shape index (κ2) is 3.92. The Bertz CT molecular complexity index is 597. The highest BCUT2D eigenvalue weighted by Crippen LogP contribution is 2.31. The molecule has 1 saturated heterocycles. The average Bonchev–Trinajstić information content (AvgIpc) is 2.70. The van der Waals surface area contributed by atoms with Gasteiger partial charge in [-0.25, -0.2) is 9.37 Å². The Balaban J connectivity index is 2.11. The van der Waals surface area contributed by atoms with E-state index in [1.807, 2.05) is 30.0 Å². The predicted molar refractivity (Wildman–Crippen MR) is 69.2 cm³/mol. The van der Waals surface area contributed by atoms with Gasteiger partial charge in [-0.1, -0.05) is 24.3 Å². The summed E-state index contributed by atoms with van der Waals surface area (Å²) in [6.07, 6.45) is 1.96. The van der Waals surface area contributed by atoms with Crippen molar-refractivity contribution < 1.29 is 9.50 Å². The minimum Gasteiger partial charge on any atom is -0.388 e. The molecule has 0 spiro atoms. The molecule has 1 fully saturated rings. The first kappa shape index (κ1) is 11.4. The minimum absolute atomic E-state index is 0.305. The Morgan fingerprint density at radius 2 is 2.06 bits per heavy atom. The Kier molecular flexibility index (Phi) is 2.48. The number of pyridine rings is 1. The zero-order chi connectivity index (χ0) is 12.8. The Hall–Kier alpha value is -1.68. The van der Waals surface area contributed by atoms with Crippen LogP contribution >= 0.6 is 0 Å². The van der Waals surface area contributed by atoms with Crippen LogP contribution in [0.5, 0.6) is 0 Å². The number of fused-ring (bicyclic) bond motifs is 1. The first-order chi connectivity index (χ1) is 8.57. The van der Waals surface area contributed by atoms with E-state index >= 15 is 0 Å². The molecule has 94 valence electrons. The van der Waals surface area contributed by atoms with E-state index < -0.39 is 5.60 Å². The van der Waals surface area contributed by atoms with Crippen molar-refractivity contribution in [3.63, 3.8) is 0 Å². The average molecular weight is 246 g/mol. The third-order valence-corrected chi connectivity index (χ3v) is 3.48. The molecule has 1 aromatic heterocycles. The Morgan fingerprint density at radius 3 is 2.72 bits per heavy atom. The van der Waals surface area contributed by atoms with Crippen molar-refractivity contribution in [1.82, 2.24) is 4.98 Å². The second-order valence-electron chi connectivity index (χ2n) is 5.14. The number of hydrogen-bond acceptors (Lipinski definition) is 3. The number of hydrogen-bond donors (Lipinski definition) is 1. The van der Waals surface area contributed by atoms with Crippen LogP contribution in [0.1, 0.15) is 13.3 Å². The lowest BCUT2D eigenvalue weighted by Crippen LogP contribution is -2.30. The number of rotatable bonds is 1. The first-order valence-electron chi connectivity index (χ1n) is 6.07. The summed E-state index contributed by atoms with van der Waals surface area (Å²) < 4.78 is 13.7. The number of halogens is 1. The van der Waals surface area contributed by atoms with Crippen LogP contribution in [0, 0.1) is 5.82 Å². The van der Waals surface area contributed by atoms with Gasteiger partial charge in [-0.05, 0) is 13.3 Å². The van der Waals surface area contributed by atoms with Crippen LogP contribution in [-0.2, 0) is 0 Å². The molecular weight excluding hydrogens is 231 g/mol. The molecule has 1 atom stereocenters. The van der Waals surface area contributed by atoms with Crippen LogP contribution in [0.2, 0.25) is 0 Å². The largest absolute Gasteiger partial charge is 0.388 e. The summed E-state index contributed by atoms with van der Waals surface area (Å²) in [5.41, 5.74) is -0.683. The van der Waals surface area contributed by atoms with Gasteiger partial charge in [-0.15, -0.1) is 0 Å². The van der Waals surface area contributed by atoms with Gasteiger partial charge in [0, 0.05) is 23.9 Å². The SMILES string of the molecule is CC1(O)CCN(c2ncc(F)c3ccccc23)C1. The maximum absolute atomic E-state index is 13.7. The van der Waals surface area contributed by atoms with Gasteiger partial charge in [0.15, 0.2) is 0 Å². The molecule has 3 nitrogen and oxygen atoms in total. The maximum Gasteiger partial charge on any atom is 0.149 e. The van der Waals surface area contributed by atoms with Gasteiger partial charge in [0.05, 0.1) is 11.8 Å². The van der Waals surface area contributed by atoms with Crippen molar-refractivity contribution in [3.05, 3.63) is 36.3 Å². The smallest absolute Gasteiger partial charge is 0.149 e. The molecule has 3 rings (SSSR count). The number of aromatic nitrogens is 1. The third-order valence-electron chi connectivity index (χ3n) is 3.48. The summed E-state index contributed by atoms with van der Waals surface area (Å²) in [4.78, 5) is 6.21. The van der Waals surface area contributed by atoms with E-state index in [1.165, 1.54) is 6.20 Å². The quantitative estimate of drug-likeness (QED) is 0.839. The zero-order valence-corrected chi connectivity index (χ0v) is 10.2. The van der Waals surface area contributed by atoms with Gasteiger partial charge >= 0.3 is 0 Å². The Labute approximate surface area is 105 Å². The van der Waals surface area contributed by atoms with E-state index in [0.717, 1.165) is 17.7 Å². The van der Waals surface area contributed by atoms with Crippen LogP contribution < -0.4 is 4.90 Å². The molecule has 18 heavy (non-hydrogen) atoms. The highest BCUT2D eigenvalue weighted by atomic mass is 19.1. The molecule has 1 unspecified atom stereocenters. The number of aliphatic hydroxyl groups is 1. The fourth-order valence-electron chi connectivity index (χ4n) is 2.52. The van der Waals surface area contributed by atoms with Gasteiger partial charge < -0.3 is 10.0 Å². The molecule has 0 saturated carbocycles. The fourth-order valence-corrected chi connectivity index (χ4v) is 2.52. The lowest BCUT2D eigenvalue weighted by molar-refractivity contribution is 0.0839. The van der Waals surface area contributed by atoms with Crippen LogP contribution in [0.3, 0.4) is 0 Å². The highest BCUT2D eigenvalue weighted by molar-refractivity contribution is 5.92. The highest BCUT2D eigenvalue weighted by Gasteiger charge is 2.32. The number of β-amino-alcohol motifs (C(OH)–C–C–N with tert-alkyl or cyclic N) is 1. The molecule has 1 aliphatic heterocycles. The Morgan fingerprint density at radius 1 is 1.33 bits per heavy atom. The summed E-state index contributed by atoms with van der Waals surface area (Å²) in [7, 11) is 0. The summed E-state index contributed by atoms with van der Waals surface area (Å²) >= 11 is 0. The summed E-state index contributed by atoms with van der Waals surface area (Å²) in [5.74, 6) is 0.449. The van der Waals surface area contributed by atoms with Gasteiger partial charge in [-0.3, -0.25) is 0 Å². The first-order valence-corrected chi connectivity index (χ1v) is 6.07. The van der Waals surface area contributed by atoms with E-state index in [4.69, 9.17) is 0 Å². The topological polar surface area (TPSA) is 36.4 Å². The lowest BCUT2D eigenvalue weighted by Gasteiger charge is -2.21. The molecular formula is C14H15FN2O. The molecule has 2 heterocycles. The predicted octanol–water partition coefficient (Wildman–Crippen LogP) is 2.33. The van der Waals surface area contributed by atoms with E-state index in [0.29, 0.717) is 18.4 Å². The number of benzene rings is 1. The van der Waals surface area contributed by atoms with Crippen LogP contribution in [0.15, 0.2) is 30.5 Å². The zero-order valence-electron chi connectivity index (χ0n) is 10.2. The molecule has 1 N–H and O–H groups in total. The van der Waals surface area contributed by atoms with Crippen molar-refractivity contribution >= 4 is 16.6 Å². The van der Waals surface area contributed by atoms with E-state index in [1.54, 1.807) is 6.07 Å².